The highest BCUT2D eigenvalue weighted by molar-refractivity contribution is 5.44. The minimum Gasteiger partial charge on any atom is -0.497 e. The molecule has 0 heterocycles. The Hall–Kier alpha value is -1.22. The van der Waals surface area contributed by atoms with Crippen molar-refractivity contribution in [1.29, 1.82) is 0 Å². The van der Waals surface area contributed by atoms with Crippen LogP contribution in [0.2, 0.25) is 0 Å². The summed E-state index contributed by atoms with van der Waals surface area (Å²) in [4.78, 5) is 0. The molecule has 3 nitrogen and oxygen atoms in total. The Bertz CT molecular complexity index is 411. The highest BCUT2D eigenvalue weighted by Gasteiger charge is 2.28. The first kappa shape index (κ1) is 13.2. The van der Waals surface area contributed by atoms with Gasteiger partial charge in [0.1, 0.15) is 11.5 Å². The molecule has 1 aliphatic rings. The maximum Gasteiger partial charge on any atom is 0.122 e. The molecule has 0 aliphatic heterocycles. The summed E-state index contributed by atoms with van der Waals surface area (Å²) < 4.78 is 10.8. The molecular formula is C15H23NO2. The first-order valence-electron chi connectivity index (χ1n) is 6.53. The van der Waals surface area contributed by atoms with Crippen molar-refractivity contribution in [2.75, 3.05) is 20.8 Å². The first-order valence-corrected chi connectivity index (χ1v) is 6.53. The van der Waals surface area contributed by atoms with E-state index in [0.29, 0.717) is 0 Å². The third-order valence-electron chi connectivity index (χ3n) is 3.55. The van der Waals surface area contributed by atoms with E-state index in [2.05, 4.69) is 25.2 Å². The smallest absolute Gasteiger partial charge is 0.122 e. The van der Waals surface area contributed by atoms with Crippen molar-refractivity contribution in [3.8, 4) is 11.5 Å². The molecule has 1 N–H and O–H groups in total. The monoisotopic (exact) mass is 249 g/mol. The van der Waals surface area contributed by atoms with E-state index in [-0.39, 0.29) is 5.41 Å². The van der Waals surface area contributed by atoms with Crippen molar-refractivity contribution in [2.45, 2.75) is 38.1 Å². The maximum absolute atomic E-state index is 5.47. The van der Waals surface area contributed by atoms with E-state index >= 15 is 0 Å². The Kier molecular flexibility index (Phi) is 3.81. The predicted octanol–water partition coefficient (Wildman–Crippen LogP) is 2.73. The van der Waals surface area contributed by atoms with Crippen molar-refractivity contribution in [1.82, 2.24) is 5.32 Å². The molecule has 18 heavy (non-hydrogen) atoms. The fraction of sp³-hybridized carbons (Fsp3) is 0.600. The Morgan fingerprint density at radius 3 is 2.50 bits per heavy atom. The Morgan fingerprint density at radius 1 is 1.22 bits per heavy atom. The van der Waals surface area contributed by atoms with Gasteiger partial charge in [-0.15, -0.1) is 0 Å². The van der Waals surface area contributed by atoms with Gasteiger partial charge in [0, 0.05) is 23.6 Å². The lowest BCUT2D eigenvalue weighted by Crippen LogP contribution is -2.34. The number of ether oxygens (including phenoxy) is 2. The zero-order chi connectivity index (χ0) is 13.2. The van der Waals surface area contributed by atoms with Crippen LogP contribution in [0.3, 0.4) is 0 Å². The molecule has 0 atom stereocenters. The fourth-order valence-corrected chi connectivity index (χ4v) is 2.13. The van der Waals surface area contributed by atoms with Gasteiger partial charge in [-0.2, -0.15) is 0 Å². The second-order valence-electron chi connectivity index (χ2n) is 5.61. The summed E-state index contributed by atoms with van der Waals surface area (Å²) in [6.07, 6.45) is 2.62. The summed E-state index contributed by atoms with van der Waals surface area (Å²) in [6, 6.07) is 6.72. The number of methoxy groups -OCH3 is 2. The number of nitrogens with one attached hydrogen (secondary N) is 1. The minimum absolute atomic E-state index is 0.0302. The van der Waals surface area contributed by atoms with Gasteiger partial charge in [0.15, 0.2) is 0 Å². The van der Waals surface area contributed by atoms with Crippen LogP contribution >= 0.6 is 0 Å². The third kappa shape index (κ3) is 2.96. The van der Waals surface area contributed by atoms with Gasteiger partial charge in [0.2, 0.25) is 0 Å². The zero-order valence-electron chi connectivity index (χ0n) is 11.7. The van der Waals surface area contributed by atoms with Gasteiger partial charge in [-0.05, 0) is 31.0 Å². The van der Waals surface area contributed by atoms with Crippen LogP contribution in [-0.4, -0.2) is 26.8 Å². The van der Waals surface area contributed by atoms with Crippen molar-refractivity contribution < 1.29 is 9.47 Å². The van der Waals surface area contributed by atoms with E-state index < -0.39 is 0 Å². The van der Waals surface area contributed by atoms with E-state index in [1.54, 1.807) is 14.2 Å². The molecule has 1 fully saturated rings. The van der Waals surface area contributed by atoms with Crippen molar-refractivity contribution in [3.63, 3.8) is 0 Å². The van der Waals surface area contributed by atoms with E-state index in [1.807, 2.05) is 12.1 Å². The molecule has 0 unspecified atom stereocenters. The largest absolute Gasteiger partial charge is 0.497 e. The third-order valence-corrected chi connectivity index (χ3v) is 3.55. The van der Waals surface area contributed by atoms with Gasteiger partial charge in [-0.25, -0.2) is 0 Å². The summed E-state index contributed by atoms with van der Waals surface area (Å²) in [5.41, 5.74) is 1.22. The van der Waals surface area contributed by atoms with Gasteiger partial charge in [0.05, 0.1) is 14.2 Å². The molecule has 0 saturated heterocycles. The number of hydrogen-bond donors (Lipinski definition) is 1. The summed E-state index contributed by atoms with van der Waals surface area (Å²) in [5, 5.41) is 3.59. The Balaban J connectivity index is 2.21. The lowest BCUT2D eigenvalue weighted by atomic mass is 9.83. The summed E-state index contributed by atoms with van der Waals surface area (Å²) >= 11 is 0. The van der Waals surface area contributed by atoms with Gasteiger partial charge < -0.3 is 14.8 Å². The van der Waals surface area contributed by atoms with Crippen LogP contribution in [0.25, 0.3) is 0 Å². The van der Waals surface area contributed by atoms with Crippen LogP contribution in [0, 0.1) is 0 Å². The quantitative estimate of drug-likeness (QED) is 0.841. The molecule has 1 aromatic rings. The van der Waals surface area contributed by atoms with E-state index in [1.165, 1.54) is 18.4 Å². The zero-order valence-corrected chi connectivity index (χ0v) is 11.7. The number of rotatable bonds is 6. The van der Waals surface area contributed by atoms with E-state index in [9.17, 15) is 0 Å². The molecule has 1 aromatic carbocycles. The van der Waals surface area contributed by atoms with E-state index in [0.717, 1.165) is 24.1 Å². The summed E-state index contributed by atoms with van der Waals surface area (Å²) in [5.74, 6) is 1.81. The van der Waals surface area contributed by atoms with Gasteiger partial charge >= 0.3 is 0 Å². The average molecular weight is 249 g/mol. The summed E-state index contributed by atoms with van der Waals surface area (Å²) in [7, 11) is 3.41. The van der Waals surface area contributed by atoms with Crippen LogP contribution in [0.15, 0.2) is 18.2 Å². The molecule has 1 aliphatic carbocycles. The lowest BCUT2D eigenvalue weighted by Gasteiger charge is -2.28. The second-order valence-corrected chi connectivity index (χ2v) is 5.61. The Labute approximate surface area is 109 Å². The standard InChI is InChI=1S/C15H23NO2/c1-15(2,10-16-11-5-6-11)13-9-12(17-3)7-8-14(13)18-4/h7-9,11,16H,5-6,10H2,1-4H3. The van der Waals surface area contributed by atoms with Crippen LogP contribution in [-0.2, 0) is 5.41 Å². The lowest BCUT2D eigenvalue weighted by molar-refractivity contribution is 0.377. The fourth-order valence-electron chi connectivity index (χ4n) is 2.13. The SMILES string of the molecule is COc1ccc(OC)c(C(C)(C)CNC2CC2)c1. The molecule has 0 bridgehead atoms. The normalized spacial score (nSPS) is 15.6. The van der Waals surface area contributed by atoms with Gasteiger partial charge in [-0.1, -0.05) is 13.8 Å². The molecule has 100 valence electrons. The van der Waals surface area contributed by atoms with Crippen molar-refractivity contribution in [3.05, 3.63) is 23.8 Å². The molecular weight excluding hydrogens is 226 g/mol. The summed E-state index contributed by atoms with van der Waals surface area (Å²) in [6.45, 7) is 5.43. The minimum atomic E-state index is 0.0302. The Morgan fingerprint density at radius 2 is 1.94 bits per heavy atom. The highest BCUT2D eigenvalue weighted by atomic mass is 16.5. The van der Waals surface area contributed by atoms with Gasteiger partial charge in [-0.3, -0.25) is 0 Å². The molecule has 1 saturated carbocycles. The molecule has 3 heteroatoms. The second kappa shape index (κ2) is 5.19. The molecule has 0 radical (unpaired) electrons. The molecule has 0 amide bonds. The average Bonchev–Trinajstić information content (AvgIpc) is 3.19. The molecule has 0 aromatic heterocycles. The highest BCUT2D eigenvalue weighted by Crippen LogP contribution is 2.34. The van der Waals surface area contributed by atoms with Crippen LogP contribution < -0.4 is 14.8 Å². The van der Waals surface area contributed by atoms with Crippen LogP contribution in [0.1, 0.15) is 32.3 Å². The van der Waals surface area contributed by atoms with Crippen LogP contribution in [0.5, 0.6) is 11.5 Å². The number of hydrogen-bond acceptors (Lipinski definition) is 3. The van der Waals surface area contributed by atoms with E-state index in [4.69, 9.17) is 9.47 Å². The maximum atomic E-state index is 5.47. The number of benzene rings is 1. The molecule has 2 rings (SSSR count). The van der Waals surface area contributed by atoms with Crippen LogP contribution in [0.4, 0.5) is 0 Å². The predicted molar refractivity (Wildman–Crippen MR) is 73.6 cm³/mol. The molecule has 0 spiro atoms. The van der Waals surface area contributed by atoms with Crippen molar-refractivity contribution in [2.24, 2.45) is 0 Å². The van der Waals surface area contributed by atoms with Crippen molar-refractivity contribution >= 4 is 0 Å². The first-order chi connectivity index (χ1) is 8.56. The topological polar surface area (TPSA) is 30.5 Å². The van der Waals surface area contributed by atoms with Gasteiger partial charge in [0.25, 0.3) is 0 Å².